The van der Waals surface area contributed by atoms with Crippen molar-refractivity contribution in [1.82, 2.24) is 0 Å². The number of unbranched alkanes of at least 4 members (excludes halogenated alkanes) is 5. The Hall–Kier alpha value is -1.43. The first-order chi connectivity index (χ1) is 17.7. The van der Waals surface area contributed by atoms with Crippen LogP contribution in [0.1, 0.15) is 151 Å². The summed E-state index contributed by atoms with van der Waals surface area (Å²) < 4.78 is 0. The molecule has 0 bridgehead atoms. The van der Waals surface area contributed by atoms with E-state index in [9.17, 15) is 10.2 Å². The summed E-state index contributed by atoms with van der Waals surface area (Å²) >= 11 is 2.78. The topological polar surface area (TPSA) is 46.1 Å². The van der Waals surface area contributed by atoms with Gasteiger partial charge in [-0.15, -0.1) is 11.5 Å². The SMILES string of the molecule is CC(C)(C)c1cccc(C(C)(C)C)c1[O-].CC(C)(C)c1cccc(C(C)(C)C)c1[O-].CCCCCCC[CH2][Al+2]. The molecule has 0 radical (unpaired) electrons. The first-order valence-corrected chi connectivity index (χ1v) is 15.8. The quantitative estimate of drug-likeness (QED) is 0.265. The average Bonchev–Trinajstić information content (AvgIpc) is 2.77. The Morgan fingerprint density at radius 1 is 0.487 bits per heavy atom. The van der Waals surface area contributed by atoms with Crippen LogP contribution in [0.4, 0.5) is 0 Å². The van der Waals surface area contributed by atoms with E-state index in [4.69, 9.17) is 0 Å². The summed E-state index contributed by atoms with van der Waals surface area (Å²) in [5.41, 5.74) is 3.36. The summed E-state index contributed by atoms with van der Waals surface area (Å²) in [6.45, 7) is 27.2. The van der Waals surface area contributed by atoms with Crippen molar-refractivity contribution in [2.24, 2.45) is 0 Å². The zero-order valence-electron chi connectivity index (χ0n) is 27.8. The summed E-state index contributed by atoms with van der Waals surface area (Å²) in [6, 6.07) is 11.7. The van der Waals surface area contributed by atoms with Crippen LogP contribution in [0.2, 0.25) is 5.28 Å². The molecule has 0 heterocycles. The molecule has 0 N–H and O–H groups in total. The molecule has 2 nitrogen and oxygen atoms in total. The van der Waals surface area contributed by atoms with E-state index in [-0.39, 0.29) is 33.2 Å². The minimum atomic E-state index is -0.0711. The molecule has 0 spiro atoms. The van der Waals surface area contributed by atoms with Crippen LogP contribution in [0, 0.1) is 0 Å². The van der Waals surface area contributed by atoms with Gasteiger partial charge in [-0.1, -0.05) is 142 Å². The Kier molecular flexibility index (Phi) is 15.5. The molecule has 0 saturated carbocycles. The van der Waals surface area contributed by atoms with Crippen LogP contribution in [0.25, 0.3) is 0 Å². The second-order valence-corrected chi connectivity index (χ2v) is 15.5. The van der Waals surface area contributed by atoms with E-state index in [1.807, 2.05) is 36.4 Å². The van der Waals surface area contributed by atoms with Gasteiger partial charge in [-0.3, -0.25) is 0 Å². The van der Waals surface area contributed by atoms with Gasteiger partial charge in [-0.2, -0.15) is 0 Å². The fourth-order valence-corrected chi connectivity index (χ4v) is 4.65. The molecule has 0 saturated heterocycles. The van der Waals surface area contributed by atoms with Crippen molar-refractivity contribution < 1.29 is 10.2 Å². The predicted octanol–water partition coefficient (Wildman–Crippen LogP) is 9.64. The monoisotopic (exact) mass is 550 g/mol. The molecule has 2 rings (SSSR count). The third kappa shape index (κ3) is 13.7. The second-order valence-electron chi connectivity index (χ2n) is 14.9. The van der Waals surface area contributed by atoms with E-state index in [1.54, 1.807) is 0 Å². The van der Waals surface area contributed by atoms with Crippen molar-refractivity contribution in [1.29, 1.82) is 0 Å². The average molecular weight is 551 g/mol. The van der Waals surface area contributed by atoms with E-state index < -0.39 is 0 Å². The number of rotatable bonds is 6. The van der Waals surface area contributed by atoms with Gasteiger partial charge in [0.1, 0.15) is 0 Å². The van der Waals surface area contributed by atoms with E-state index in [0.717, 1.165) is 22.3 Å². The van der Waals surface area contributed by atoms with Gasteiger partial charge in [0, 0.05) is 0 Å². The Balaban J connectivity index is 0.000000576. The Bertz CT molecular complexity index is 820. The molecular weight excluding hydrogens is 491 g/mol. The first-order valence-electron chi connectivity index (χ1n) is 15.0. The molecule has 0 fully saturated rings. The number of hydrogen-bond donors (Lipinski definition) is 0. The van der Waals surface area contributed by atoms with Crippen molar-refractivity contribution in [3.63, 3.8) is 0 Å². The molecule has 3 heteroatoms. The van der Waals surface area contributed by atoms with Gasteiger partial charge in [0.25, 0.3) is 0 Å². The van der Waals surface area contributed by atoms with Crippen LogP contribution in [0.15, 0.2) is 36.4 Å². The van der Waals surface area contributed by atoms with Crippen LogP contribution >= 0.6 is 0 Å². The maximum atomic E-state index is 12.3. The normalized spacial score (nSPS) is 12.3. The molecule has 0 aliphatic rings. The van der Waals surface area contributed by atoms with Crippen molar-refractivity contribution >= 4 is 16.3 Å². The predicted molar refractivity (Wildman–Crippen MR) is 171 cm³/mol. The van der Waals surface area contributed by atoms with E-state index in [1.165, 1.54) is 43.8 Å². The van der Waals surface area contributed by atoms with E-state index >= 15 is 0 Å². The van der Waals surface area contributed by atoms with E-state index in [0.29, 0.717) is 0 Å². The zero-order valence-corrected chi connectivity index (χ0v) is 29.0. The zero-order chi connectivity index (χ0) is 30.7. The third-order valence-corrected chi connectivity index (χ3v) is 7.23. The summed E-state index contributed by atoms with van der Waals surface area (Å²) in [5, 5.41) is 25.8. The molecule has 0 unspecified atom stereocenters. The van der Waals surface area contributed by atoms with Gasteiger partial charge >= 0.3 is 67.0 Å². The molecule has 0 atom stereocenters. The standard InChI is InChI=1S/2C14H22O.C8H17.Al/c2*1-13(2,3)10-8-7-9-11(12(10)15)14(4,5)6;1-3-5-7-8-6-4-2;/h2*7-9,15H,1-6H3;1,3-8H2,2H3;/q;;;+2/p-2. The third-order valence-electron chi connectivity index (χ3n) is 6.82. The van der Waals surface area contributed by atoms with Crippen molar-refractivity contribution in [3.8, 4) is 11.5 Å². The Labute approximate surface area is 251 Å². The molecule has 2 aromatic carbocycles. The minimum absolute atomic E-state index is 0.0711. The van der Waals surface area contributed by atoms with Crippen LogP contribution in [-0.4, -0.2) is 16.3 Å². The number of hydrogen-bond acceptors (Lipinski definition) is 2. The fraction of sp³-hybridized carbons (Fsp3) is 0.667. The van der Waals surface area contributed by atoms with Crippen LogP contribution in [0.3, 0.4) is 0 Å². The molecule has 2 aromatic rings. The summed E-state index contributed by atoms with van der Waals surface area (Å²) in [4.78, 5) is 0. The molecule has 0 aliphatic carbocycles. The van der Waals surface area contributed by atoms with Gasteiger partial charge in [0.2, 0.25) is 0 Å². The van der Waals surface area contributed by atoms with Gasteiger partial charge in [-0.05, 0) is 21.7 Å². The second kappa shape index (κ2) is 16.1. The Morgan fingerprint density at radius 2 is 0.744 bits per heavy atom. The summed E-state index contributed by atoms with van der Waals surface area (Å²) in [5.74, 6) is 0.412. The maximum absolute atomic E-state index is 12.3. The summed E-state index contributed by atoms with van der Waals surface area (Å²) in [7, 11) is 0. The Morgan fingerprint density at radius 3 is 0.974 bits per heavy atom. The van der Waals surface area contributed by atoms with Gasteiger partial charge < -0.3 is 10.2 Å². The van der Waals surface area contributed by atoms with Crippen molar-refractivity contribution in [2.45, 2.75) is 155 Å². The molecule has 0 amide bonds. The summed E-state index contributed by atoms with van der Waals surface area (Å²) in [6.07, 6.45) is 8.51. The van der Waals surface area contributed by atoms with Gasteiger partial charge in [-0.25, -0.2) is 0 Å². The van der Waals surface area contributed by atoms with Crippen LogP contribution in [0.5, 0.6) is 11.5 Å². The first kappa shape index (κ1) is 37.6. The number of benzene rings is 2. The molecule has 0 aliphatic heterocycles. The number of para-hydroxylation sites is 2. The molecule has 218 valence electrons. The van der Waals surface area contributed by atoms with E-state index in [2.05, 4.69) is 106 Å². The molecular formula is C36H59AlO2. The molecule has 0 aromatic heterocycles. The van der Waals surface area contributed by atoms with Crippen LogP contribution < -0.4 is 10.2 Å². The van der Waals surface area contributed by atoms with Gasteiger partial charge in [0.15, 0.2) is 0 Å². The van der Waals surface area contributed by atoms with Gasteiger partial charge in [0.05, 0.1) is 0 Å². The van der Waals surface area contributed by atoms with Crippen molar-refractivity contribution in [2.75, 3.05) is 0 Å². The molecule has 39 heavy (non-hydrogen) atoms. The fourth-order valence-electron chi connectivity index (χ4n) is 4.36. The van der Waals surface area contributed by atoms with Crippen LogP contribution in [-0.2, 0) is 21.7 Å². The van der Waals surface area contributed by atoms with Crippen molar-refractivity contribution in [3.05, 3.63) is 58.7 Å².